The molecule has 6 nitrogen and oxygen atoms in total. The number of aryl methyl sites for hydroxylation is 1. The van der Waals surface area contributed by atoms with Gasteiger partial charge in [-0.2, -0.15) is 5.26 Å². The molecule has 0 aliphatic rings. The van der Waals surface area contributed by atoms with Gasteiger partial charge >= 0.3 is 0 Å². The Morgan fingerprint density at radius 1 is 1.29 bits per heavy atom. The molecule has 0 radical (unpaired) electrons. The molecule has 0 bridgehead atoms. The summed E-state index contributed by atoms with van der Waals surface area (Å²) < 4.78 is 0. The predicted octanol–water partition coefficient (Wildman–Crippen LogP) is 2.15. The van der Waals surface area contributed by atoms with Crippen molar-refractivity contribution >= 4 is 11.5 Å². The Morgan fingerprint density at radius 2 is 2.00 bits per heavy atom. The molecule has 2 rings (SSSR count). The van der Waals surface area contributed by atoms with E-state index in [0.717, 1.165) is 17.3 Å². The summed E-state index contributed by atoms with van der Waals surface area (Å²) in [6, 6.07) is 8.43. The topological polar surface area (TPSA) is 106 Å². The lowest BCUT2D eigenvalue weighted by Gasteiger charge is -1.99. The molecular weight excluding hydrogens is 268 g/mol. The average molecular weight is 278 g/mol. The number of nitrogens with zero attached hydrogens (tertiary/aromatic N) is 3. The van der Waals surface area contributed by atoms with Crippen molar-refractivity contribution in [1.29, 1.82) is 5.26 Å². The second-order valence-electron chi connectivity index (χ2n) is 4.27. The van der Waals surface area contributed by atoms with E-state index in [2.05, 4.69) is 16.8 Å². The summed E-state index contributed by atoms with van der Waals surface area (Å²) in [6.45, 7) is 1.83. The monoisotopic (exact) mass is 278 g/mol. The van der Waals surface area contributed by atoms with Crippen LogP contribution >= 0.6 is 0 Å². The number of nitrogens with two attached hydrogens (primary N) is 1. The maximum Gasteiger partial charge on any atom is 0.288 e. The number of nitro groups is 1. The zero-order chi connectivity index (χ0) is 15.4. The summed E-state index contributed by atoms with van der Waals surface area (Å²) in [5.74, 6) is 5.80. The molecule has 0 saturated carbocycles. The van der Waals surface area contributed by atoms with Crippen LogP contribution in [0.5, 0.6) is 0 Å². The van der Waals surface area contributed by atoms with Crippen LogP contribution in [0.3, 0.4) is 0 Å². The Bertz CT molecular complexity index is 826. The third kappa shape index (κ3) is 3.14. The van der Waals surface area contributed by atoms with Crippen LogP contribution in [0.1, 0.15) is 22.3 Å². The molecule has 6 heteroatoms. The van der Waals surface area contributed by atoms with E-state index in [1.165, 1.54) is 6.07 Å². The Kier molecular flexibility index (Phi) is 3.83. The third-order valence-corrected chi connectivity index (χ3v) is 2.80. The fourth-order valence-corrected chi connectivity index (χ4v) is 1.67. The van der Waals surface area contributed by atoms with E-state index in [1.807, 2.05) is 13.0 Å². The van der Waals surface area contributed by atoms with Gasteiger partial charge in [-0.15, -0.1) is 0 Å². The van der Waals surface area contributed by atoms with Gasteiger partial charge in [-0.1, -0.05) is 11.8 Å². The highest BCUT2D eigenvalue weighted by Gasteiger charge is 2.08. The SMILES string of the molecule is Cc1cc(C#N)ccc1C#Cc1cc([N+](=O)[O-])cnc1N. The molecule has 0 aliphatic heterocycles. The van der Waals surface area contributed by atoms with Gasteiger partial charge in [-0.05, 0) is 30.7 Å². The molecule has 0 saturated heterocycles. The molecule has 102 valence electrons. The van der Waals surface area contributed by atoms with Gasteiger partial charge in [-0.3, -0.25) is 10.1 Å². The lowest BCUT2D eigenvalue weighted by molar-refractivity contribution is -0.385. The Labute approximate surface area is 121 Å². The number of hydrogen-bond donors (Lipinski definition) is 1. The molecule has 0 atom stereocenters. The van der Waals surface area contributed by atoms with E-state index >= 15 is 0 Å². The minimum atomic E-state index is -0.551. The second kappa shape index (κ2) is 5.72. The number of nitriles is 1. The summed E-state index contributed by atoms with van der Waals surface area (Å²) in [4.78, 5) is 13.9. The summed E-state index contributed by atoms with van der Waals surface area (Å²) in [5.41, 5.74) is 7.91. The lowest BCUT2D eigenvalue weighted by Crippen LogP contribution is -1.97. The summed E-state index contributed by atoms with van der Waals surface area (Å²) in [6.07, 6.45) is 1.09. The quantitative estimate of drug-likeness (QED) is 0.488. The van der Waals surface area contributed by atoms with Crippen molar-refractivity contribution in [2.75, 3.05) is 5.73 Å². The van der Waals surface area contributed by atoms with Gasteiger partial charge in [0.2, 0.25) is 0 Å². The normalized spacial score (nSPS) is 9.33. The van der Waals surface area contributed by atoms with E-state index in [0.29, 0.717) is 11.1 Å². The maximum absolute atomic E-state index is 10.7. The highest BCUT2D eigenvalue weighted by Crippen LogP contribution is 2.16. The largest absolute Gasteiger partial charge is 0.383 e. The fraction of sp³-hybridized carbons (Fsp3) is 0.0667. The van der Waals surface area contributed by atoms with Crippen molar-refractivity contribution in [2.24, 2.45) is 0 Å². The first-order valence-electron chi connectivity index (χ1n) is 5.94. The first-order valence-corrected chi connectivity index (χ1v) is 5.94. The van der Waals surface area contributed by atoms with Gasteiger partial charge in [0.1, 0.15) is 12.0 Å². The van der Waals surface area contributed by atoms with Crippen LogP contribution in [0.25, 0.3) is 0 Å². The van der Waals surface area contributed by atoms with Crippen LogP contribution in [0.2, 0.25) is 0 Å². The average Bonchev–Trinajstić information content (AvgIpc) is 2.47. The number of nitrogen functional groups attached to an aromatic ring is 1. The van der Waals surface area contributed by atoms with Crippen molar-refractivity contribution in [3.63, 3.8) is 0 Å². The van der Waals surface area contributed by atoms with E-state index in [-0.39, 0.29) is 11.5 Å². The minimum absolute atomic E-state index is 0.138. The molecule has 2 N–H and O–H groups in total. The van der Waals surface area contributed by atoms with Gasteiger partial charge in [0.25, 0.3) is 5.69 Å². The molecule has 0 unspecified atom stereocenters. The van der Waals surface area contributed by atoms with Crippen molar-refractivity contribution < 1.29 is 4.92 Å². The lowest BCUT2D eigenvalue weighted by atomic mass is 10.1. The molecule has 1 aromatic carbocycles. The Morgan fingerprint density at radius 3 is 2.62 bits per heavy atom. The Hall–Kier alpha value is -3.38. The smallest absolute Gasteiger partial charge is 0.288 e. The molecular formula is C15H10N4O2. The molecule has 21 heavy (non-hydrogen) atoms. The number of aromatic nitrogens is 1. The molecule has 0 amide bonds. The first-order chi connectivity index (χ1) is 10.0. The predicted molar refractivity (Wildman–Crippen MR) is 77.2 cm³/mol. The molecule has 2 aromatic rings. The highest BCUT2D eigenvalue weighted by atomic mass is 16.6. The van der Waals surface area contributed by atoms with E-state index in [4.69, 9.17) is 11.0 Å². The Balaban J connectivity index is 2.42. The molecule has 0 fully saturated rings. The molecule has 0 aliphatic carbocycles. The van der Waals surface area contributed by atoms with Crippen LogP contribution in [0.15, 0.2) is 30.5 Å². The van der Waals surface area contributed by atoms with Gasteiger partial charge in [0, 0.05) is 11.6 Å². The number of pyridine rings is 1. The number of benzene rings is 1. The van der Waals surface area contributed by atoms with Crippen LogP contribution in [0.4, 0.5) is 11.5 Å². The van der Waals surface area contributed by atoms with Gasteiger partial charge in [-0.25, -0.2) is 4.98 Å². The molecule has 1 aromatic heterocycles. The van der Waals surface area contributed by atoms with Gasteiger partial charge < -0.3 is 5.73 Å². The summed E-state index contributed by atoms with van der Waals surface area (Å²) in [7, 11) is 0. The van der Waals surface area contributed by atoms with Crippen molar-refractivity contribution in [1.82, 2.24) is 4.98 Å². The van der Waals surface area contributed by atoms with Crippen LogP contribution in [-0.2, 0) is 0 Å². The van der Waals surface area contributed by atoms with Crippen molar-refractivity contribution in [3.05, 3.63) is 62.8 Å². The minimum Gasteiger partial charge on any atom is -0.383 e. The number of anilines is 1. The van der Waals surface area contributed by atoms with Crippen molar-refractivity contribution in [2.45, 2.75) is 6.92 Å². The third-order valence-electron chi connectivity index (χ3n) is 2.80. The van der Waals surface area contributed by atoms with Crippen LogP contribution in [-0.4, -0.2) is 9.91 Å². The van der Waals surface area contributed by atoms with Crippen molar-refractivity contribution in [3.8, 4) is 17.9 Å². The van der Waals surface area contributed by atoms with Gasteiger partial charge in [0.05, 0.1) is 22.1 Å². The summed E-state index contributed by atoms with van der Waals surface area (Å²) >= 11 is 0. The van der Waals surface area contributed by atoms with E-state index < -0.39 is 4.92 Å². The van der Waals surface area contributed by atoms with Crippen LogP contribution < -0.4 is 5.73 Å². The standard InChI is InChI=1S/C15H10N4O2/c1-10-6-11(8-16)2-3-12(10)4-5-13-7-14(19(20)21)9-18-15(13)17/h2-3,6-7,9H,1H3,(H2,17,18). The van der Waals surface area contributed by atoms with E-state index in [9.17, 15) is 10.1 Å². The van der Waals surface area contributed by atoms with E-state index in [1.54, 1.807) is 18.2 Å². The molecule has 1 heterocycles. The summed E-state index contributed by atoms with van der Waals surface area (Å²) in [5, 5.41) is 19.5. The highest BCUT2D eigenvalue weighted by molar-refractivity contribution is 5.57. The number of hydrogen-bond acceptors (Lipinski definition) is 5. The zero-order valence-electron chi connectivity index (χ0n) is 11.1. The molecule has 0 spiro atoms. The van der Waals surface area contributed by atoms with Crippen LogP contribution in [0, 0.1) is 40.2 Å². The fourth-order valence-electron chi connectivity index (χ4n) is 1.67. The maximum atomic E-state index is 10.7. The number of rotatable bonds is 1. The van der Waals surface area contributed by atoms with Gasteiger partial charge in [0.15, 0.2) is 0 Å². The second-order valence-corrected chi connectivity index (χ2v) is 4.27. The first kappa shape index (κ1) is 14.0. The zero-order valence-corrected chi connectivity index (χ0v) is 11.1.